The molecule has 0 radical (unpaired) electrons. The van der Waals surface area contributed by atoms with E-state index in [1.807, 2.05) is 0 Å². The van der Waals surface area contributed by atoms with Crippen molar-refractivity contribution in [2.75, 3.05) is 0 Å². The van der Waals surface area contributed by atoms with E-state index in [4.69, 9.17) is 45.2 Å². The molecule has 0 saturated carbocycles. The first-order valence-electron chi connectivity index (χ1n) is 2.28. The second kappa shape index (κ2) is 19.1. The Morgan fingerprint density at radius 3 is 0.615 bits per heavy atom. The van der Waals surface area contributed by atoms with Gasteiger partial charge < -0.3 is 45.2 Å². The normalized spacial score (nSPS) is 6.23. The Morgan fingerprint density at radius 2 is 0.615 bits per heavy atom. The maximum Gasteiger partial charge on any atom is 2.00 e. The molecule has 0 aromatic rings. The quantitative estimate of drug-likeness (QED) is 0.213. The van der Waals surface area contributed by atoms with Crippen molar-refractivity contribution in [3.8, 4) is 0 Å². The van der Waals surface area contributed by atoms with Crippen molar-refractivity contribution in [1.82, 2.24) is 0 Å². The molecule has 72 valence electrons. The van der Waals surface area contributed by atoms with Crippen molar-refractivity contribution < 1.29 is 45.2 Å². The molecule has 0 amide bonds. The van der Waals surface area contributed by atoms with E-state index >= 15 is 0 Å². The van der Waals surface area contributed by atoms with Crippen LogP contribution in [0.4, 0.5) is 0 Å². The molecule has 0 bridgehead atoms. The van der Waals surface area contributed by atoms with Crippen LogP contribution in [0.25, 0.3) is 0 Å². The molecule has 0 spiro atoms. The summed E-state index contributed by atoms with van der Waals surface area (Å²) in [5.41, 5.74) is 0. The molecule has 0 rings (SSSR count). The zero-order chi connectivity index (χ0) is 10.7. The topological polar surface area (TPSA) is 188 Å². The van der Waals surface area contributed by atoms with Gasteiger partial charge in [0.05, 0.1) is 7.32 Å². The van der Waals surface area contributed by atoms with Crippen molar-refractivity contribution >= 4 is 70.8 Å². The maximum absolute atomic E-state index is 8.53. The van der Waals surface area contributed by atoms with Crippen LogP contribution in [0.15, 0.2) is 0 Å². The molecule has 0 aromatic heterocycles. The van der Waals surface area contributed by atoms with E-state index in [-0.39, 0.29) is 48.9 Å². The molecule has 0 aromatic carbocycles. The molecule has 0 aliphatic rings. The van der Waals surface area contributed by atoms with Crippen LogP contribution < -0.4 is 10.0 Å². The first-order chi connectivity index (χ1) is 5.20. The van der Waals surface area contributed by atoms with Gasteiger partial charge in [-0.05, 0) is 0 Å². The van der Waals surface area contributed by atoms with Gasteiger partial charge in [0.2, 0.25) is 0 Å². The average molecular weight is 321 g/mol. The Kier molecular flexibility index (Phi) is 35.0. The van der Waals surface area contributed by atoms with Gasteiger partial charge in [0.15, 0.2) is 0 Å². The van der Waals surface area contributed by atoms with Crippen LogP contribution in [-0.4, -0.2) is 106 Å². The zero-order valence-electron chi connectivity index (χ0n) is 6.39. The van der Waals surface area contributed by atoms with Crippen LogP contribution in [0.2, 0.25) is 0 Å². The third-order valence-electron chi connectivity index (χ3n) is 0. The second-order valence-corrected chi connectivity index (χ2v) is 1.000. The van der Waals surface area contributed by atoms with Gasteiger partial charge in [-0.2, -0.15) is 0 Å². The molecule has 0 fully saturated rings. The fraction of sp³-hybridized carbons (Fsp3) is 0. The van der Waals surface area contributed by atoms with Gasteiger partial charge in [0.25, 0.3) is 0 Å². The standard InChI is InChI=1S/2BH3O3.BHO3.Ba/c3*2-1(3)4;/h2*2-4H;2H;/q;;-2;+2. The van der Waals surface area contributed by atoms with E-state index < -0.39 is 22.0 Å². The van der Waals surface area contributed by atoms with Crippen LogP contribution >= 0.6 is 0 Å². The Morgan fingerprint density at radius 1 is 0.615 bits per heavy atom. The predicted molar refractivity (Wildman–Crippen MR) is 38.5 cm³/mol. The van der Waals surface area contributed by atoms with Gasteiger partial charge in [-0.25, -0.2) is 0 Å². The first kappa shape index (κ1) is 23.9. The monoisotopic (exact) mass is 322 g/mol. The summed E-state index contributed by atoms with van der Waals surface area (Å²) in [5, 5.41) is 67.0. The van der Waals surface area contributed by atoms with E-state index in [2.05, 4.69) is 0 Å². The van der Waals surface area contributed by atoms with Crippen LogP contribution in [-0.2, 0) is 0 Å². The third kappa shape index (κ3) is 882. The molecule has 7 N–H and O–H groups in total. The Labute approximate surface area is 115 Å². The molecule has 9 nitrogen and oxygen atoms in total. The molecular formula is H7B3BaO9. The molecule has 13 heteroatoms. The minimum absolute atomic E-state index is 0. The van der Waals surface area contributed by atoms with Gasteiger partial charge in [-0.15, -0.1) is 0 Å². The molecule has 0 atom stereocenters. The number of rotatable bonds is 0. The smallest absolute Gasteiger partial charge is 0.871 e. The third-order valence-corrected chi connectivity index (χ3v) is 0. The predicted octanol–water partition coefficient (Wildman–Crippen LogP) is -7.80. The number of hydrogen-bond acceptors (Lipinski definition) is 9. The Hall–Kier alpha value is 1.41. The SMILES string of the molecule is OB(O)O.OB(O)O.[Ba+2].[O-]B([O-])O. The van der Waals surface area contributed by atoms with Crippen LogP contribution in [0.1, 0.15) is 0 Å². The minimum Gasteiger partial charge on any atom is -0.871 e. The van der Waals surface area contributed by atoms with Crippen molar-refractivity contribution in [2.24, 2.45) is 0 Å². The van der Waals surface area contributed by atoms with Gasteiger partial charge >= 0.3 is 63.5 Å². The van der Waals surface area contributed by atoms with Crippen LogP contribution in [0.5, 0.6) is 0 Å². The molecule has 0 aliphatic heterocycles. The fourth-order valence-electron chi connectivity index (χ4n) is 0. The number of hydrogen-bond donors (Lipinski definition) is 7. The zero-order valence-corrected chi connectivity index (χ0v) is 10.8. The summed E-state index contributed by atoms with van der Waals surface area (Å²) >= 11 is 0. The largest absolute Gasteiger partial charge is 2.00 e. The Bertz CT molecular complexity index is 43.4. The fourth-order valence-corrected chi connectivity index (χ4v) is 0. The van der Waals surface area contributed by atoms with E-state index in [1.165, 1.54) is 0 Å². The van der Waals surface area contributed by atoms with Crippen molar-refractivity contribution in [3.63, 3.8) is 0 Å². The van der Waals surface area contributed by atoms with E-state index in [0.29, 0.717) is 0 Å². The van der Waals surface area contributed by atoms with Crippen LogP contribution in [0.3, 0.4) is 0 Å². The molecule has 0 aliphatic carbocycles. The molecule has 0 heterocycles. The van der Waals surface area contributed by atoms with E-state index in [1.54, 1.807) is 0 Å². The summed E-state index contributed by atoms with van der Waals surface area (Å²) in [7, 11) is -7.00. The molecule has 13 heavy (non-hydrogen) atoms. The molecular weight excluding hydrogens is 314 g/mol. The molecule has 0 saturated heterocycles. The summed E-state index contributed by atoms with van der Waals surface area (Å²) in [6.45, 7) is 0. The Balaban J connectivity index is -0.0000000450. The summed E-state index contributed by atoms with van der Waals surface area (Å²) < 4.78 is 0. The van der Waals surface area contributed by atoms with Crippen molar-refractivity contribution in [1.29, 1.82) is 0 Å². The van der Waals surface area contributed by atoms with E-state index in [9.17, 15) is 0 Å². The summed E-state index contributed by atoms with van der Waals surface area (Å²) in [4.78, 5) is 0. The van der Waals surface area contributed by atoms with Gasteiger partial charge in [-0.1, -0.05) is 0 Å². The van der Waals surface area contributed by atoms with Crippen molar-refractivity contribution in [2.45, 2.75) is 0 Å². The van der Waals surface area contributed by atoms with Crippen LogP contribution in [0, 0.1) is 0 Å². The van der Waals surface area contributed by atoms with Crippen molar-refractivity contribution in [3.05, 3.63) is 0 Å². The first-order valence-corrected chi connectivity index (χ1v) is 2.28. The van der Waals surface area contributed by atoms with Gasteiger partial charge in [0.1, 0.15) is 0 Å². The maximum atomic E-state index is 8.53. The molecule has 0 unspecified atom stereocenters. The van der Waals surface area contributed by atoms with Gasteiger partial charge in [-0.3, -0.25) is 0 Å². The van der Waals surface area contributed by atoms with Gasteiger partial charge in [0, 0.05) is 0 Å². The van der Waals surface area contributed by atoms with E-state index in [0.717, 1.165) is 0 Å². The summed E-state index contributed by atoms with van der Waals surface area (Å²) in [6, 6.07) is 0. The summed E-state index contributed by atoms with van der Waals surface area (Å²) in [6.07, 6.45) is 0. The minimum atomic E-state index is -2.67. The second-order valence-electron chi connectivity index (χ2n) is 1.000. The average Bonchev–Trinajstić information content (AvgIpc) is 1.54. The summed E-state index contributed by atoms with van der Waals surface area (Å²) in [5.74, 6) is 0.